The highest BCUT2D eigenvalue weighted by atomic mass is 16.5. The number of hydrazine groups is 1. The van der Waals surface area contributed by atoms with Crippen molar-refractivity contribution in [1.82, 2.24) is 5.17 Å². The molecule has 0 saturated carbocycles. The van der Waals surface area contributed by atoms with Crippen molar-refractivity contribution in [3.63, 3.8) is 0 Å². The molecule has 2 N–H and O–H groups in total. The van der Waals surface area contributed by atoms with Gasteiger partial charge in [0, 0.05) is 5.70 Å². The van der Waals surface area contributed by atoms with Crippen LogP contribution in [-0.2, 0) is 0 Å². The van der Waals surface area contributed by atoms with Gasteiger partial charge in [-0.15, -0.1) is 0 Å². The van der Waals surface area contributed by atoms with Crippen molar-refractivity contribution in [1.29, 1.82) is 0 Å². The summed E-state index contributed by atoms with van der Waals surface area (Å²) in [5.74, 6) is 4.82. The molecule has 0 unspecified atom stereocenters. The molecule has 0 bridgehead atoms. The van der Waals surface area contributed by atoms with Crippen LogP contribution in [0.3, 0.4) is 0 Å². The summed E-state index contributed by atoms with van der Waals surface area (Å²) in [7, 11) is 0. The number of hydrogen-bond acceptors (Lipinski definition) is 3. The van der Waals surface area contributed by atoms with Crippen molar-refractivity contribution in [2.75, 3.05) is 0 Å². The van der Waals surface area contributed by atoms with Crippen LogP contribution in [-0.4, -0.2) is 5.17 Å². The number of nitrogens with zero attached hydrogens (tertiary/aromatic N) is 1. The monoisotopic (exact) mass is 125 g/mol. The molecule has 0 aliphatic heterocycles. The summed E-state index contributed by atoms with van der Waals surface area (Å²) >= 11 is 0. The molecule has 0 aromatic rings. The zero-order valence-corrected chi connectivity index (χ0v) is 5.08. The lowest BCUT2D eigenvalue weighted by Gasteiger charge is -2.24. The van der Waals surface area contributed by atoms with Gasteiger partial charge < -0.3 is 10.4 Å². The van der Waals surface area contributed by atoms with Gasteiger partial charge in [-0.05, 0) is 12.2 Å². The molecule has 0 saturated heterocycles. The summed E-state index contributed by atoms with van der Waals surface area (Å²) < 4.78 is 0. The molecule has 0 heterocycles. The highest BCUT2D eigenvalue weighted by Gasteiger charge is 1.82. The third-order valence-electron chi connectivity index (χ3n) is 0.752. The second-order valence-corrected chi connectivity index (χ2v) is 1.36. The number of rotatable bonds is 3. The van der Waals surface area contributed by atoms with Crippen LogP contribution >= 0.6 is 0 Å². The molecule has 0 atom stereocenters. The highest BCUT2D eigenvalue weighted by Crippen LogP contribution is 1.96. The fourth-order valence-corrected chi connectivity index (χ4v) is 0.352. The van der Waals surface area contributed by atoms with Crippen LogP contribution in [0.4, 0.5) is 0 Å². The molecule has 0 aliphatic rings. The minimum absolute atomic E-state index is 0.231. The van der Waals surface area contributed by atoms with Crippen LogP contribution in [0.1, 0.15) is 0 Å². The Morgan fingerprint density at radius 3 is 2.22 bits per heavy atom. The van der Waals surface area contributed by atoms with E-state index in [1.165, 1.54) is 18.2 Å². The van der Waals surface area contributed by atoms with E-state index >= 15 is 0 Å². The maximum atomic E-state index is 10.3. The molecule has 3 nitrogen and oxygen atoms in total. The zero-order valence-electron chi connectivity index (χ0n) is 5.08. The third-order valence-corrected chi connectivity index (χ3v) is 0.752. The minimum atomic E-state index is 0.231. The van der Waals surface area contributed by atoms with Crippen molar-refractivity contribution in [2.45, 2.75) is 0 Å². The summed E-state index contributed by atoms with van der Waals surface area (Å²) in [6, 6.07) is 0. The van der Waals surface area contributed by atoms with E-state index in [0.29, 0.717) is 5.70 Å². The largest absolute Gasteiger partial charge is 0.743 e. The first-order valence-corrected chi connectivity index (χ1v) is 2.39. The molecule has 3 heteroatoms. The number of allylic oxidation sites excluding steroid dienone is 3. The Kier molecular flexibility index (Phi) is 3.43. The molecular weight excluding hydrogens is 116 g/mol. The molecular formula is C6H9N2O-. The summed E-state index contributed by atoms with van der Waals surface area (Å²) in [6.07, 6.45) is 4.30. The van der Waals surface area contributed by atoms with Crippen molar-refractivity contribution in [3.8, 4) is 0 Å². The standard InChI is InChI=1S/C6H9N2O/c1-3-5-6(4-2)8(7)9/h3-5H,1-2,7H2/q-1/b6-5+. The first-order chi connectivity index (χ1) is 4.22. The summed E-state index contributed by atoms with van der Waals surface area (Å²) in [5, 5.41) is 10.5. The van der Waals surface area contributed by atoms with Gasteiger partial charge >= 0.3 is 0 Å². The molecule has 0 amide bonds. The molecule has 9 heavy (non-hydrogen) atoms. The highest BCUT2D eigenvalue weighted by molar-refractivity contribution is 5.19. The zero-order chi connectivity index (χ0) is 7.28. The topological polar surface area (TPSA) is 52.3 Å². The van der Waals surface area contributed by atoms with E-state index in [1.807, 2.05) is 0 Å². The quantitative estimate of drug-likeness (QED) is 0.346. The molecule has 0 spiro atoms. The smallest absolute Gasteiger partial charge is 0.0396 e. The average Bonchev–Trinajstić information content (AvgIpc) is 1.82. The van der Waals surface area contributed by atoms with Crippen LogP contribution < -0.4 is 5.84 Å². The van der Waals surface area contributed by atoms with Gasteiger partial charge in [-0.1, -0.05) is 19.2 Å². The van der Waals surface area contributed by atoms with E-state index < -0.39 is 0 Å². The van der Waals surface area contributed by atoms with E-state index in [9.17, 15) is 5.21 Å². The lowest BCUT2D eigenvalue weighted by atomic mass is 10.4. The molecule has 0 aliphatic carbocycles. The van der Waals surface area contributed by atoms with Crippen molar-refractivity contribution in [2.24, 2.45) is 5.84 Å². The van der Waals surface area contributed by atoms with Crippen LogP contribution in [0, 0.1) is 5.21 Å². The molecule has 50 valence electrons. The maximum Gasteiger partial charge on any atom is 0.0396 e. The van der Waals surface area contributed by atoms with E-state index in [4.69, 9.17) is 5.84 Å². The Morgan fingerprint density at radius 2 is 2.11 bits per heavy atom. The van der Waals surface area contributed by atoms with Crippen LogP contribution in [0.15, 0.2) is 37.1 Å². The van der Waals surface area contributed by atoms with Gasteiger partial charge in [-0.3, -0.25) is 5.84 Å². The maximum absolute atomic E-state index is 10.3. The number of hydrogen-bond donors (Lipinski definition) is 1. The molecule has 0 radical (unpaired) electrons. The van der Waals surface area contributed by atoms with Gasteiger partial charge in [0.1, 0.15) is 0 Å². The third kappa shape index (κ3) is 2.69. The number of nitrogens with two attached hydrogens (primary N) is 1. The van der Waals surface area contributed by atoms with Gasteiger partial charge in [-0.25, -0.2) is 0 Å². The lowest BCUT2D eigenvalue weighted by molar-refractivity contribution is 0.512. The Bertz CT molecular complexity index is 138. The second-order valence-electron chi connectivity index (χ2n) is 1.36. The lowest BCUT2D eigenvalue weighted by Crippen LogP contribution is -2.21. The van der Waals surface area contributed by atoms with Gasteiger partial charge in [0.25, 0.3) is 0 Å². The normalized spacial score (nSPS) is 10.7. The van der Waals surface area contributed by atoms with Crippen molar-refractivity contribution >= 4 is 0 Å². The van der Waals surface area contributed by atoms with Gasteiger partial charge in [0.05, 0.1) is 0 Å². The first-order valence-electron chi connectivity index (χ1n) is 2.39. The Hall–Kier alpha value is -1.06. The molecule has 0 rings (SSSR count). The van der Waals surface area contributed by atoms with E-state index in [2.05, 4.69) is 13.2 Å². The SMILES string of the molecule is C=C/C=C(\C=C)N(N)[O-]. The molecule has 0 aromatic carbocycles. The summed E-state index contributed by atoms with van der Waals surface area (Å²) in [6.45, 7) is 6.75. The summed E-state index contributed by atoms with van der Waals surface area (Å²) in [5.41, 5.74) is 0.296. The van der Waals surface area contributed by atoms with E-state index in [1.54, 1.807) is 0 Å². The van der Waals surface area contributed by atoms with Crippen LogP contribution in [0.2, 0.25) is 0 Å². The Balaban J connectivity index is 4.13. The van der Waals surface area contributed by atoms with Gasteiger partial charge in [0.15, 0.2) is 0 Å². The Morgan fingerprint density at radius 1 is 1.56 bits per heavy atom. The number of hydroxylamine groups is 1. The fraction of sp³-hybridized carbons (Fsp3) is 0. The van der Waals surface area contributed by atoms with Gasteiger partial charge in [0.2, 0.25) is 0 Å². The predicted molar refractivity (Wildman–Crippen MR) is 37.9 cm³/mol. The van der Waals surface area contributed by atoms with Crippen LogP contribution in [0.25, 0.3) is 0 Å². The molecule has 0 aromatic heterocycles. The van der Waals surface area contributed by atoms with Crippen molar-refractivity contribution < 1.29 is 0 Å². The fourth-order valence-electron chi connectivity index (χ4n) is 0.352. The first kappa shape index (κ1) is 7.94. The Labute approximate surface area is 54.3 Å². The molecule has 0 fully saturated rings. The van der Waals surface area contributed by atoms with E-state index in [-0.39, 0.29) is 5.17 Å². The minimum Gasteiger partial charge on any atom is -0.743 e. The predicted octanol–water partition coefficient (Wildman–Crippen LogP) is 0.916. The van der Waals surface area contributed by atoms with Crippen LogP contribution in [0.5, 0.6) is 0 Å². The van der Waals surface area contributed by atoms with Gasteiger partial charge in [-0.2, -0.15) is 0 Å². The average molecular weight is 125 g/mol. The second kappa shape index (κ2) is 3.88. The summed E-state index contributed by atoms with van der Waals surface area (Å²) in [4.78, 5) is 0. The van der Waals surface area contributed by atoms with E-state index in [0.717, 1.165) is 0 Å². The van der Waals surface area contributed by atoms with Crippen molar-refractivity contribution in [3.05, 3.63) is 42.3 Å².